The maximum atomic E-state index is 10.9. The maximum Gasteiger partial charge on any atom is 0.330 e. The molecule has 0 aliphatic carbocycles. The summed E-state index contributed by atoms with van der Waals surface area (Å²) < 4.78 is 14.3. The number of carbonyl (C=O) groups is 3. The van der Waals surface area contributed by atoms with Crippen LogP contribution in [0.4, 0.5) is 0 Å². The molecule has 0 saturated carbocycles. The van der Waals surface area contributed by atoms with E-state index in [1.165, 1.54) is 0 Å². The van der Waals surface area contributed by atoms with E-state index < -0.39 is 17.9 Å². The summed E-state index contributed by atoms with van der Waals surface area (Å²) in [6, 6.07) is 0. The molecule has 1 N–H and O–H groups in total. The van der Waals surface area contributed by atoms with Gasteiger partial charge < -0.3 is 19.3 Å². The molecule has 0 fully saturated rings. The summed E-state index contributed by atoms with van der Waals surface area (Å²) in [7, 11) is 0. The smallest absolute Gasteiger partial charge is 0.330 e. The van der Waals surface area contributed by atoms with Gasteiger partial charge in [-0.3, -0.25) is 9.59 Å². The number of carboxylic acid groups (broad SMARTS) is 1. The molecule has 0 heterocycles. The van der Waals surface area contributed by atoms with Crippen LogP contribution in [0.3, 0.4) is 0 Å². The summed E-state index contributed by atoms with van der Waals surface area (Å²) in [5.74, 6) is -2.16. The molecule has 18 heavy (non-hydrogen) atoms. The van der Waals surface area contributed by atoms with Crippen LogP contribution in [0.2, 0.25) is 0 Å². The van der Waals surface area contributed by atoms with Gasteiger partial charge in [0.1, 0.15) is 13.2 Å². The number of rotatable bonds is 10. The van der Waals surface area contributed by atoms with Gasteiger partial charge in [0.25, 0.3) is 0 Å². The highest BCUT2D eigenvalue weighted by Gasteiger charge is 2.05. The Bertz CT molecular complexity index is 298. The number of carbonyl (C=O) groups excluding carboxylic acids is 2. The van der Waals surface area contributed by atoms with E-state index in [1.807, 2.05) is 0 Å². The number of hydrogen-bond donors (Lipinski definition) is 1. The van der Waals surface area contributed by atoms with Crippen molar-refractivity contribution in [3.63, 3.8) is 0 Å². The molecule has 0 amide bonds. The normalized spacial score (nSPS) is 9.56. The second-order valence-electron chi connectivity index (χ2n) is 3.10. The van der Waals surface area contributed by atoms with Crippen LogP contribution in [0, 0.1) is 0 Å². The van der Waals surface area contributed by atoms with Gasteiger partial charge in [-0.05, 0) is 0 Å². The minimum atomic E-state index is -1.05. The Morgan fingerprint density at radius 3 is 2.17 bits per heavy atom. The van der Waals surface area contributed by atoms with Crippen molar-refractivity contribution in [2.75, 3.05) is 26.4 Å². The van der Waals surface area contributed by atoms with Crippen molar-refractivity contribution in [3.8, 4) is 0 Å². The number of hydrogen-bond acceptors (Lipinski definition) is 6. The van der Waals surface area contributed by atoms with Crippen LogP contribution in [0.25, 0.3) is 0 Å². The van der Waals surface area contributed by atoms with Gasteiger partial charge in [-0.15, -0.1) is 0 Å². The molecule has 0 aromatic carbocycles. The summed E-state index contributed by atoms with van der Waals surface area (Å²) in [6.45, 7) is 3.70. The molecule has 7 nitrogen and oxygen atoms in total. The fraction of sp³-hybridized carbons (Fsp3) is 0.545. The predicted octanol–water partition coefficient (Wildman–Crippen LogP) is 0.140. The first kappa shape index (κ1) is 16.1. The zero-order valence-corrected chi connectivity index (χ0v) is 9.92. The third kappa shape index (κ3) is 10.6. The first-order valence-corrected chi connectivity index (χ1v) is 5.30. The van der Waals surface area contributed by atoms with Crippen molar-refractivity contribution in [3.05, 3.63) is 12.7 Å². The summed E-state index contributed by atoms with van der Waals surface area (Å²) in [5, 5.41) is 8.32. The lowest BCUT2D eigenvalue weighted by molar-refractivity contribution is -0.149. The van der Waals surface area contributed by atoms with E-state index in [0.717, 1.165) is 6.08 Å². The van der Waals surface area contributed by atoms with Gasteiger partial charge in [0.15, 0.2) is 0 Å². The summed E-state index contributed by atoms with van der Waals surface area (Å²) in [5.41, 5.74) is 0. The second kappa shape index (κ2) is 10.3. The topological polar surface area (TPSA) is 99.1 Å². The van der Waals surface area contributed by atoms with Crippen molar-refractivity contribution in [2.45, 2.75) is 12.8 Å². The molecule has 0 unspecified atom stereocenters. The van der Waals surface area contributed by atoms with Crippen molar-refractivity contribution in [1.82, 2.24) is 0 Å². The summed E-state index contributed by atoms with van der Waals surface area (Å²) >= 11 is 0. The molecule has 0 aliphatic rings. The van der Waals surface area contributed by atoms with Crippen molar-refractivity contribution < 1.29 is 33.7 Å². The van der Waals surface area contributed by atoms with Crippen LogP contribution in [0.15, 0.2) is 12.7 Å². The molecule has 0 bridgehead atoms. The average Bonchev–Trinajstić information content (AvgIpc) is 2.34. The first-order valence-electron chi connectivity index (χ1n) is 5.30. The molecular formula is C11H16O7. The van der Waals surface area contributed by atoms with E-state index in [0.29, 0.717) is 0 Å². The molecule has 7 heteroatoms. The Hall–Kier alpha value is -1.89. The molecule has 102 valence electrons. The monoisotopic (exact) mass is 260 g/mol. The molecule has 0 saturated heterocycles. The highest BCUT2D eigenvalue weighted by molar-refractivity contribution is 5.81. The highest BCUT2D eigenvalue weighted by atomic mass is 16.6. The number of aliphatic carboxylic acids is 1. The van der Waals surface area contributed by atoms with Gasteiger partial charge >= 0.3 is 17.9 Å². The fourth-order valence-electron chi connectivity index (χ4n) is 0.858. The molecule has 0 radical (unpaired) electrons. The van der Waals surface area contributed by atoms with Gasteiger partial charge in [-0.2, -0.15) is 0 Å². The van der Waals surface area contributed by atoms with Crippen LogP contribution >= 0.6 is 0 Å². The molecule has 0 aromatic rings. The standard InChI is InChI=1S/C11H16O7/c1-2-10(14)17-7-5-16-6-8-18-11(15)4-3-9(12)13/h2H,1,3-8H2,(H,12,13). The third-order valence-corrected chi connectivity index (χ3v) is 1.67. The van der Waals surface area contributed by atoms with Gasteiger partial charge in [-0.1, -0.05) is 6.58 Å². The molecule has 0 aliphatic heterocycles. The third-order valence-electron chi connectivity index (χ3n) is 1.67. The van der Waals surface area contributed by atoms with E-state index >= 15 is 0 Å². The van der Waals surface area contributed by atoms with Gasteiger partial charge in [0.2, 0.25) is 0 Å². The van der Waals surface area contributed by atoms with Crippen LogP contribution in [-0.2, 0) is 28.6 Å². The number of ether oxygens (including phenoxy) is 3. The Morgan fingerprint density at radius 1 is 1.00 bits per heavy atom. The fourth-order valence-corrected chi connectivity index (χ4v) is 0.858. The Balaban J connectivity index is 3.29. The van der Waals surface area contributed by atoms with E-state index in [9.17, 15) is 14.4 Å². The lowest BCUT2D eigenvalue weighted by atomic mass is 10.3. The van der Waals surface area contributed by atoms with Crippen LogP contribution in [-0.4, -0.2) is 49.4 Å². The van der Waals surface area contributed by atoms with Crippen LogP contribution < -0.4 is 0 Å². The predicted molar refractivity (Wildman–Crippen MR) is 59.8 cm³/mol. The van der Waals surface area contributed by atoms with Crippen molar-refractivity contribution >= 4 is 17.9 Å². The second-order valence-corrected chi connectivity index (χ2v) is 3.10. The molecule has 0 rings (SSSR count). The van der Waals surface area contributed by atoms with E-state index in [2.05, 4.69) is 11.3 Å². The number of esters is 2. The maximum absolute atomic E-state index is 10.9. The largest absolute Gasteiger partial charge is 0.481 e. The molecule has 0 atom stereocenters. The lowest BCUT2D eigenvalue weighted by Crippen LogP contribution is -2.14. The molecule has 0 aromatic heterocycles. The quantitative estimate of drug-likeness (QED) is 0.339. The van der Waals surface area contributed by atoms with Gasteiger partial charge in [0, 0.05) is 6.08 Å². The minimum Gasteiger partial charge on any atom is -0.481 e. The Labute approximate surface area is 104 Å². The Kier molecular flexibility index (Phi) is 9.20. The van der Waals surface area contributed by atoms with Crippen LogP contribution in [0.5, 0.6) is 0 Å². The first-order chi connectivity index (χ1) is 8.56. The van der Waals surface area contributed by atoms with E-state index in [1.54, 1.807) is 0 Å². The van der Waals surface area contributed by atoms with Gasteiger partial charge in [-0.25, -0.2) is 4.79 Å². The van der Waals surface area contributed by atoms with Crippen molar-refractivity contribution in [1.29, 1.82) is 0 Å². The van der Waals surface area contributed by atoms with Crippen molar-refractivity contribution in [2.24, 2.45) is 0 Å². The molecule has 0 spiro atoms. The highest BCUT2D eigenvalue weighted by Crippen LogP contribution is 1.92. The Morgan fingerprint density at radius 2 is 1.61 bits per heavy atom. The summed E-state index contributed by atoms with van der Waals surface area (Å²) in [4.78, 5) is 31.7. The van der Waals surface area contributed by atoms with Crippen LogP contribution in [0.1, 0.15) is 12.8 Å². The lowest BCUT2D eigenvalue weighted by Gasteiger charge is -2.05. The number of carboxylic acids is 1. The zero-order chi connectivity index (χ0) is 13.8. The average molecular weight is 260 g/mol. The van der Waals surface area contributed by atoms with E-state index in [4.69, 9.17) is 14.6 Å². The van der Waals surface area contributed by atoms with Gasteiger partial charge in [0.05, 0.1) is 26.1 Å². The van der Waals surface area contributed by atoms with E-state index in [-0.39, 0.29) is 39.3 Å². The molecular weight excluding hydrogens is 244 g/mol. The summed E-state index contributed by atoms with van der Waals surface area (Å²) in [6.07, 6.45) is 0.633. The minimum absolute atomic E-state index is 0.0356. The SMILES string of the molecule is C=CC(=O)OCCOCCOC(=O)CCC(=O)O. The zero-order valence-electron chi connectivity index (χ0n) is 9.92.